The predicted molar refractivity (Wildman–Crippen MR) is 40.1 cm³/mol. The Balaban J connectivity index is 2.18. The lowest BCUT2D eigenvalue weighted by Gasteiger charge is -1.92. The van der Waals surface area contributed by atoms with E-state index in [4.69, 9.17) is 4.74 Å². The molecule has 0 aromatic rings. The first-order chi connectivity index (χ1) is 5.24. The Morgan fingerprint density at radius 2 is 2.36 bits per heavy atom. The molecule has 62 valence electrons. The highest BCUT2D eigenvalue weighted by Gasteiger charge is 2.31. The zero-order chi connectivity index (χ0) is 8.27. The number of hydrogen-bond acceptors (Lipinski definition) is 3. The van der Waals surface area contributed by atoms with Crippen LogP contribution in [0.1, 0.15) is 13.8 Å². The molecule has 0 aromatic heterocycles. The summed E-state index contributed by atoms with van der Waals surface area (Å²) in [6, 6.07) is 0. The fourth-order valence-electron chi connectivity index (χ4n) is 0.768. The fraction of sp³-hybridized carbons (Fsp3) is 0.625. The number of ether oxygens (including phenoxy) is 2. The molecule has 0 aliphatic carbocycles. The van der Waals surface area contributed by atoms with Crippen molar-refractivity contribution in [2.24, 2.45) is 0 Å². The van der Waals surface area contributed by atoms with Crippen LogP contribution in [0.25, 0.3) is 0 Å². The summed E-state index contributed by atoms with van der Waals surface area (Å²) in [5.41, 5.74) is 0. The standard InChI is InChI=1S/C8H12O3/c1-3-10-8(9)5-4-7-6(2)11-7/h4-7H,3H2,1-2H3/b5-4+/t6-,7+/m0/s1. The Morgan fingerprint density at radius 3 is 2.82 bits per heavy atom. The zero-order valence-corrected chi connectivity index (χ0v) is 6.74. The lowest BCUT2D eigenvalue weighted by atomic mass is 10.3. The van der Waals surface area contributed by atoms with E-state index in [9.17, 15) is 4.79 Å². The predicted octanol–water partition coefficient (Wildman–Crippen LogP) is 0.893. The van der Waals surface area contributed by atoms with Gasteiger partial charge in [0.1, 0.15) is 6.10 Å². The molecule has 1 aliphatic rings. The van der Waals surface area contributed by atoms with Gasteiger partial charge >= 0.3 is 5.97 Å². The first kappa shape index (κ1) is 8.27. The quantitative estimate of drug-likeness (QED) is 0.346. The van der Waals surface area contributed by atoms with Gasteiger partial charge in [-0.15, -0.1) is 0 Å². The molecular weight excluding hydrogens is 144 g/mol. The summed E-state index contributed by atoms with van der Waals surface area (Å²) in [5, 5.41) is 0. The molecular formula is C8H12O3. The molecule has 3 heteroatoms. The van der Waals surface area contributed by atoms with Crippen LogP contribution in [0.2, 0.25) is 0 Å². The Morgan fingerprint density at radius 1 is 1.73 bits per heavy atom. The van der Waals surface area contributed by atoms with Gasteiger partial charge in [-0.05, 0) is 19.9 Å². The van der Waals surface area contributed by atoms with E-state index in [1.165, 1.54) is 6.08 Å². The summed E-state index contributed by atoms with van der Waals surface area (Å²) in [4.78, 5) is 10.7. The van der Waals surface area contributed by atoms with Gasteiger partial charge in [0.25, 0.3) is 0 Å². The number of rotatable bonds is 3. The molecule has 3 nitrogen and oxygen atoms in total. The molecule has 0 saturated carbocycles. The van der Waals surface area contributed by atoms with Crippen LogP contribution in [0.15, 0.2) is 12.2 Å². The van der Waals surface area contributed by atoms with Crippen molar-refractivity contribution in [1.82, 2.24) is 0 Å². The largest absolute Gasteiger partial charge is 0.463 e. The normalized spacial score (nSPS) is 28.9. The minimum Gasteiger partial charge on any atom is -0.463 e. The van der Waals surface area contributed by atoms with Crippen molar-refractivity contribution in [2.45, 2.75) is 26.1 Å². The summed E-state index contributed by atoms with van der Waals surface area (Å²) >= 11 is 0. The molecule has 1 fully saturated rings. The summed E-state index contributed by atoms with van der Waals surface area (Å²) in [5.74, 6) is -0.296. The number of carbonyl (C=O) groups excluding carboxylic acids is 1. The Bertz CT molecular complexity index is 174. The molecule has 0 unspecified atom stereocenters. The van der Waals surface area contributed by atoms with Crippen LogP contribution in [0.3, 0.4) is 0 Å². The van der Waals surface area contributed by atoms with E-state index in [0.29, 0.717) is 6.61 Å². The molecule has 0 aromatic carbocycles. The lowest BCUT2D eigenvalue weighted by molar-refractivity contribution is -0.137. The van der Waals surface area contributed by atoms with Crippen LogP contribution in [0.4, 0.5) is 0 Å². The van der Waals surface area contributed by atoms with Crippen molar-refractivity contribution in [3.05, 3.63) is 12.2 Å². The highest BCUT2D eigenvalue weighted by molar-refractivity contribution is 5.82. The fourth-order valence-corrected chi connectivity index (χ4v) is 0.768. The second-order valence-electron chi connectivity index (χ2n) is 2.42. The van der Waals surface area contributed by atoms with Crippen molar-refractivity contribution in [1.29, 1.82) is 0 Å². The average Bonchev–Trinajstić information content (AvgIpc) is 2.63. The van der Waals surface area contributed by atoms with E-state index in [0.717, 1.165) is 0 Å². The van der Waals surface area contributed by atoms with Crippen LogP contribution in [-0.2, 0) is 14.3 Å². The van der Waals surface area contributed by atoms with Crippen molar-refractivity contribution >= 4 is 5.97 Å². The SMILES string of the molecule is CCOC(=O)/C=C/[C@H]1O[C@H]1C. The van der Waals surface area contributed by atoms with Gasteiger partial charge in [0.15, 0.2) is 0 Å². The molecule has 0 N–H and O–H groups in total. The summed E-state index contributed by atoms with van der Waals surface area (Å²) in [7, 11) is 0. The van der Waals surface area contributed by atoms with E-state index in [1.54, 1.807) is 13.0 Å². The molecule has 1 aliphatic heterocycles. The Kier molecular flexibility index (Phi) is 2.65. The van der Waals surface area contributed by atoms with Crippen molar-refractivity contribution in [3.63, 3.8) is 0 Å². The van der Waals surface area contributed by atoms with Crippen LogP contribution in [0, 0.1) is 0 Å². The first-order valence-electron chi connectivity index (χ1n) is 3.74. The van der Waals surface area contributed by atoms with Crippen molar-refractivity contribution in [3.8, 4) is 0 Å². The maximum absolute atomic E-state index is 10.7. The minimum absolute atomic E-state index is 0.124. The van der Waals surface area contributed by atoms with E-state index in [1.807, 2.05) is 6.92 Å². The highest BCUT2D eigenvalue weighted by Crippen LogP contribution is 2.21. The van der Waals surface area contributed by atoms with E-state index in [2.05, 4.69) is 4.74 Å². The second-order valence-corrected chi connectivity index (χ2v) is 2.42. The average molecular weight is 156 g/mol. The van der Waals surface area contributed by atoms with Crippen LogP contribution in [-0.4, -0.2) is 24.8 Å². The van der Waals surface area contributed by atoms with Gasteiger partial charge in [-0.3, -0.25) is 0 Å². The summed E-state index contributed by atoms with van der Waals surface area (Å²) in [6.45, 7) is 4.16. The van der Waals surface area contributed by atoms with E-state index in [-0.39, 0.29) is 18.2 Å². The third kappa shape index (κ3) is 2.72. The van der Waals surface area contributed by atoms with Gasteiger partial charge in [-0.1, -0.05) is 0 Å². The third-order valence-corrected chi connectivity index (χ3v) is 1.47. The van der Waals surface area contributed by atoms with Gasteiger partial charge in [-0.2, -0.15) is 0 Å². The van der Waals surface area contributed by atoms with Crippen LogP contribution < -0.4 is 0 Å². The number of hydrogen-bond donors (Lipinski definition) is 0. The smallest absolute Gasteiger partial charge is 0.330 e. The molecule has 1 rings (SSSR count). The first-order valence-corrected chi connectivity index (χ1v) is 3.74. The third-order valence-electron chi connectivity index (χ3n) is 1.47. The molecule has 0 amide bonds. The van der Waals surface area contributed by atoms with Gasteiger partial charge in [0.05, 0.1) is 12.7 Å². The van der Waals surface area contributed by atoms with Crippen molar-refractivity contribution < 1.29 is 14.3 Å². The maximum atomic E-state index is 10.7. The lowest BCUT2D eigenvalue weighted by Crippen LogP contribution is -1.99. The van der Waals surface area contributed by atoms with E-state index < -0.39 is 0 Å². The molecule has 1 heterocycles. The number of epoxide rings is 1. The van der Waals surface area contributed by atoms with Gasteiger partial charge < -0.3 is 9.47 Å². The second kappa shape index (κ2) is 3.53. The van der Waals surface area contributed by atoms with Crippen LogP contribution in [0.5, 0.6) is 0 Å². The zero-order valence-electron chi connectivity index (χ0n) is 6.74. The highest BCUT2D eigenvalue weighted by atomic mass is 16.6. The Hall–Kier alpha value is -0.830. The van der Waals surface area contributed by atoms with Gasteiger partial charge in [0.2, 0.25) is 0 Å². The topological polar surface area (TPSA) is 38.8 Å². The molecule has 0 radical (unpaired) electrons. The van der Waals surface area contributed by atoms with Crippen LogP contribution >= 0.6 is 0 Å². The molecule has 11 heavy (non-hydrogen) atoms. The summed E-state index contributed by atoms with van der Waals surface area (Å²) < 4.78 is 9.72. The minimum atomic E-state index is -0.296. The molecule has 0 bridgehead atoms. The van der Waals surface area contributed by atoms with Crippen molar-refractivity contribution in [2.75, 3.05) is 6.61 Å². The van der Waals surface area contributed by atoms with Gasteiger partial charge in [-0.25, -0.2) is 4.79 Å². The number of esters is 1. The maximum Gasteiger partial charge on any atom is 0.330 e. The van der Waals surface area contributed by atoms with Gasteiger partial charge in [0, 0.05) is 6.08 Å². The monoisotopic (exact) mass is 156 g/mol. The van der Waals surface area contributed by atoms with E-state index >= 15 is 0 Å². The number of carbonyl (C=O) groups is 1. The Labute approximate surface area is 66.0 Å². The molecule has 1 saturated heterocycles. The summed E-state index contributed by atoms with van der Waals surface area (Å²) in [6.07, 6.45) is 3.53. The molecule has 0 spiro atoms. The molecule has 2 atom stereocenters.